The van der Waals surface area contributed by atoms with E-state index in [4.69, 9.17) is 0 Å². The van der Waals surface area contributed by atoms with Gasteiger partial charge in [-0.05, 0) is 24.3 Å². The van der Waals surface area contributed by atoms with E-state index in [1.165, 1.54) is 4.90 Å². The first-order valence-corrected chi connectivity index (χ1v) is 8.00. The van der Waals surface area contributed by atoms with Gasteiger partial charge in [0.1, 0.15) is 5.70 Å². The maximum Gasteiger partial charge on any atom is 0.277 e. The molecule has 1 aromatic rings. The van der Waals surface area contributed by atoms with Crippen LogP contribution in [0.1, 0.15) is 32.3 Å². The molecule has 1 aromatic carbocycles. The van der Waals surface area contributed by atoms with E-state index in [-0.39, 0.29) is 17.7 Å². The molecule has 0 radical (unpaired) electrons. The minimum atomic E-state index is -0.146. The zero-order chi connectivity index (χ0) is 15.7. The van der Waals surface area contributed by atoms with E-state index in [0.29, 0.717) is 17.8 Å². The predicted octanol–water partition coefficient (Wildman–Crippen LogP) is 2.52. The first-order chi connectivity index (χ1) is 10.6. The maximum absolute atomic E-state index is 12.8. The topological polar surface area (TPSA) is 40.6 Å². The Morgan fingerprint density at radius 3 is 2.23 bits per heavy atom. The predicted molar refractivity (Wildman–Crippen MR) is 85.7 cm³/mol. The van der Waals surface area contributed by atoms with Crippen molar-refractivity contribution in [3.05, 3.63) is 41.6 Å². The molecule has 116 valence electrons. The molecule has 0 atom stereocenters. The van der Waals surface area contributed by atoms with Crippen molar-refractivity contribution in [1.29, 1.82) is 0 Å². The van der Waals surface area contributed by atoms with Crippen LogP contribution >= 0.6 is 0 Å². The molecule has 3 rings (SSSR count). The average Bonchev–Trinajstić information content (AvgIpc) is 3.10. The van der Waals surface area contributed by atoms with Crippen LogP contribution in [0.3, 0.4) is 0 Å². The van der Waals surface area contributed by atoms with Gasteiger partial charge in [-0.1, -0.05) is 44.2 Å². The van der Waals surface area contributed by atoms with Gasteiger partial charge >= 0.3 is 0 Å². The van der Waals surface area contributed by atoms with E-state index in [9.17, 15) is 9.59 Å². The lowest BCUT2D eigenvalue weighted by Gasteiger charge is -2.21. The van der Waals surface area contributed by atoms with E-state index in [1.807, 2.05) is 44.2 Å². The van der Waals surface area contributed by atoms with Crippen molar-refractivity contribution in [2.24, 2.45) is 5.92 Å². The largest absolute Gasteiger partial charge is 0.366 e. The number of carbonyl (C=O) groups excluding carboxylic acids is 2. The fourth-order valence-corrected chi connectivity index (χ4v) is 3.19. The quantitative estimate of drug-likeness (QED) is 0.802. The molecule has 0 unspecified atom stereocenters. The second-order valence-electron chi connectivity index (χ2n) is 6.40. The summed E-state index contributed by atoms with van der Waals surface area (Å²) in [5.41, 5.74) is 2.02. The standard InChI is InChI=1S/C18H22N2O2/c1-13(2)12-20-17(21)15(14-8-4-3-5-9-14)16(18(20)22)19-10-6-7-11-19/h3-5,8-9,13H,6-7,10-12H2,1-2H3. The summed E-state index contributed by atoms with van der Waals surface area (Å²) in [5.74, 6) is -0.00546. The summed E-state index contributed by atoms with van der Waals surface area (Å²) in [6, 6.07) is 9.57. The van der Waals surface area contributed by atoms with Crippen LogP contribution in [0.5, 0.6) is 0 Å². The Morgan fingerprint density at radius 2 is 1.64 bits per heavy atom. The number of benzene rings is 1. The SMILES string of the molecule is CC(C)CN1C(=O)C(c2ccccc2)=C(N2CCCC2)C1=O. The molecule has 4 nitrogen and oxygen atoms in total. The van der Waals surface area contributed by atoms with Crippen LogP contribution in [-0.4, -0.2) is 41.2 Å². The Balaban J connectivity index is 2.05. The third-order valence-corrected chi connectivity index (χ3v) is 4.18. The van der Waals surface area contributed by atoms with Crippen LogP contribution in [0.15, 0.2) is 36.0 Å². The third-order valence-electron chi connectivity index (χ3n) is 4.18. The van der Waals surface area contributed by atoms with Crippen LogP contribution in [0, 0.1) is 5.92 Å². The molecule has 0 spiro atoms. The number of nitrogens with zero attached hydrogens (tertiary/aromatic N) is 2. The Bertz CT molecular complexity index is 613. The zero-order valence-electron chi connectivity index (χ0n) is 13.2. The Morgan fingerprint density at radius 1 is 1.00 bits per heavy atom. The summed E-state index contributed by atoms with van der Waals surface area (Å²) in [4.78, 5) is 29.2. The lowest BCUT2D eigenvalue weighted by Crippen LogP contribution is -2.37. The number of carbonyl (C=O) groups is 2. The number of imide groups is 1. The minimum Gasteiger partial charge on any atom is -0.366 e. The Hall–Kier alpha value is -2.10. The van der Waals surface area contributed by atoms with Gasteiger partial charge in [0.05, 0.1) is 5.57 Å². The molecular formula is C18H22N2O2. The highest BCUT2D eigenvalue weighted by atomic mass is 16.2. The average molecular weight is 298 g/mol. The number of rotatable bonds is 4. The summed E-state index contributed by atoms with van der Waals surface area (Å²) in [6.45, 7) is 6.25. The smallest absolute Gasteiger partial charge is 0.277 e. The van der Waals surface area contributed by atoms with Gasteiger partial charge in [-0.3, -0.25) is 14.5 Å². The summed E-state index contributed by atoms with van der Waals surface area (Å²) in [6.07, 6.45) is 2.16. The molecule has 2 aliphatic rings. The van der Waals surface area contributed by atoms with E-state index < -0.39 is 0 Å². The molecule has 0 aromatic heterocycles. The Labute approximate surface area is 131 Å². The van der Waals surface area contributed by atoms with Gasteiger partial charge in [0.15, 0.2) is 0 Å². The molecule has 1 saturated heterocycles. The maximum atomic E-state index is 12.8. The lowest BCUT2D eigenvalue weighted by atomic mass is 10.0. The molecule has 0 saturated carbocycles. The van der Waals surface area contributed by atoms with Crippen LogP contribution in [0.25, 0.3) is 5.57 Å². The number of amides is 2. The normalized spacial score (nSPS) is 19.0. The molecule has 1 fully saturated rings. The van der Waals surface area contributed by atoms with Gasteiger partial charge in [0, 0.05) is 19.6 Å². The Kier molecular flexibility index (Phi) is 4.01. The highest BCUT2D eigenvalue weighted by molar-refractivity contribution is 6.35. The van der Waals surface area contributed by atoms with Crippen molar-refractivity contribution < 1.29 is 9.59 Å². The van der Waals surface area contributed by atoms with Crippen LogP contribution in [0.4, 0.5) is 0 Å². The molecule has 0 bridgehead atoms. The van der Waals surface area contributed by atoms with Crippen LogP contribution < -0.4 is 0 Å². The zero-order valence-corrected chi connectivity index (χ0v) is 13.2. The third kappa shape index (κ3) is 2.54. The molecule has 0 N–H and O–H groups in total. The summed E-state index contributed by atoms with van der Waals surface area (Å²) in [5, 5.41) is 0. The number of hydrogen-bond acceptors (Lipinski definition) is 3. The number of hydrogen-bond donors (Lipinski definition) is 0. The first-order valence-electron chi connectivity index (χ1n) is 8.00. The van der Waals surface area contributed by atoms with Gasteiger partial charge in [-0.25, -0.2) is 0 Å². The molecule has 4 heteroatoms. The molecule has 2 heterocycles. The van der Waals surface area contributed by atoms with E-state index in [1.54, 1.807) is 0 Å². The van der Waals surface area contributed by atoms with Crippen molar-refractivity contribution in [1.82, 2.24) is 9.80 Å². The molecule has 22 heavy (non-hydrogen) atoms. The molecular weight excluding hydrogens is 276 g/mol. The summed E-state index contributed by atoms with van der Waals surface area (Å²) < 4.78 is 0. The van der Waals surface area contributed by atoms with Crippen LogP contribution in [-0.2, 0) is 9.59 Å². The fourth-order valence-electron chi connectivity index (χ4n) is 3.19. The van der Waals surface area contributed by atoms with Gasteiger partial charge < -0.3 is 4.90 Å². The molecule has 2 amide bonds. The summed E-state index contributed by atoms with van der Waals surface area (Å²) in [7, 11) is 0. The van der Waals surface area contributed by atoms with Gasteiger partial charge in [0.25, 0.3) is 11.8 Å². The summed E-state index contributed by atoms with van der Waals surface area (Å²) >= 11 is 0. The number of likely N-dealkylation sites (tertiary alicyclic amines) is 1. The van der Waals surface area contributed by atoms with E-state index in [0.717, 1.165) is 31.5 Å². The highest BCUT2D eigenvalue weighted by Gasteiger charge is 2.41. The van der Waals surface area contributed by atoms with E-state index in [2.05, 4.69) is 4.90 Å². The minimum absolute atomic E-state index is 0.126. The van der Waals surface area contributed by atoms with Crippen LogP contribution in [0.2, 0.25) is 0 Å². The van der Waals surface area contributed by atoms with Crippen molar-refractivity contribution in [2.45, 2.75) is 26.7 Å². The first kappa shape index (κ1) is 14.8. The lowest BCUT2D eigenvalue weighted by molar-refractivity contribution is -0.138. The second-order valence-corrected chi connectivity index (χ2v) is 6.40. The van der Waals surface area contributed by atoms with Crippen molar-refractivity contribution >= 4 is 17.4 Å². The fraction of sp³-hybridized carbons (Fsp3) is 0.444. The van der Waals surface area contributed by atoms with Crippen molar-refractivity contribution in [3.8, 4) is 0 Å². The van der Waals surface area contributed by atoms with Gasteiger partial charge in [-0.2, -0.15) is 0 Å². The van der Waals surface area contributed by atoms with Crippen molar-refractivity contribution in [2.75, 3.05) is 19.6 Å². The van der Waals surface area contributed by atoms with Gasteiger partial charge in [-0.15, -0.1) is 0 Å². The molecule has 0 aliphatic carbocycles. The van der Waals surface area contributed by atoms with Crippen molar-refractivity contribution in [3.63, 3.8) is 0 Å². The highest BCUT2D eigenvalue weighted by Crippen LogP contribution is 2.33. The second kappa shape index (κ2) is 5.95. The molecule has 2 aliphatic heterocycles. The van der Waals surface area contributed by atoms with Gasteiger partial charge in [0.2, 0.25) is 0 Å². The monoisotopic (exact) mass is 298 g/mol. The van der Waals surface area contributed by atoms with E-state index >= 15 is 0 Å².